The van der Waals surface area contributed by atoms with E-state index in [4.69, 9.17) is 27.9 Å². The van der Waals surface area contributed by atoms with Crippen LogP contribution in [0.25, 0.3) is 10.9 Å². The number of nitrogens with one attached hydrogen (secondary N) is 1. The van der Waals surface area contributed by atoms with Crippen molar-refractivity contribution in [2.45, 2.75) is 6.61 Å². The number of carboxylic acid groups (broad SMARTS) is 1. The summed E-state index contributed by atoms with van der Waals surface area (Å²) >= 11 is 12.2. The largest absolute Gasteiger partial charge is 0.486 e. The lowest BCUT2D eigenvalue weighted by Crippen LogP contribution is -2.02. The van der Waals surface area contributed by atoms with Crippen LogP contribution >= 0.6 is 23.2 Å². The van der Waals surface area contributed by atoms with Gasteiger partial charge in [-0.05, 0) is 17.7 Å². The quantitative estimate of drug-likeness (QED) is 0.723. The van der Waals surface area contributed by atoms with Crippen molar-refractivity contribution in [1.82, 2.24) is 4.98 Å². The maximum atomic E-state index is 11.4. The molecular weight excluding hydrogens is 325 g/mol. The summed E-state index contributed by atoms with van der Waals surface area (Å²) in [6, 6.07) is 12.7. The van der Waals surface area contributed by atoms with Crippen LogP contribution in [0.1, 0.15) is 16.1 Å². The molecule has 2 aromatic carbocycles. The Kier molecular flexibility index (Phi) is 3.96. The Hall–Kier alpha value is -2.17. The lowest BCUT2D eigenvalue weighted by Gasteiger charge is -2.07. The van der Waals surface area contributed by atoms with Gasteiger partial charge in [0.1, 0.15) is 6.61 Å². The third-order valence-electron chi connectivity index (χ3n) is 3.25. The van der Waals surface area contributed by atoms with Crippen molar-refractivity contribution in [3.8, 4) is 5.75 Å². The molecule has 112 valence electrons. The summed E-state index contributed by atoms with van der Waals surface area (Å²) in [5.74, 6) is -0.926. The molecule has 22 heavy (non-hydrogen) atoms. The predicted octanol–water partition coefficient (Wildman–Crippen LogP) is 4.75. The van der Waals surface area contributed by atoms with Gasteiger partial charge in [-0.15, -0.1) is 0 Å². The van der Waals surface area contributed by atoms with E-state index in [1.165, 1.54) is 0 Å². The molecule has 0 fully saturated rings. The average Bonchev–Trinajstić information content (AvgIpc) is 2.89. The van der Waals surface area contributed by atoms with Crippen molar-refractivity contribution in [3.05, 3.63) is 63.8 Å². The van der Waals surface area contributed by atoms with Crippen LogP contribution in [0.2, 0.25) is 10.0 Å². The van der Waals surface area contributed by atoms with Crippen molar-refractivity contribution in [3.63, 3.8) is 0 Å². The molecule has 0 atom stereocenters. The van der Waals surface area contributed by atoms with E-state index in [9.17, 15) is 9.90 Å². The zero-order chi connectivity index (χ0) is 15.7. The first-order valence-electron chi connectivity index (χ1n) is 6.47. The number of fused-ring (bicyclic) bond motifs is 1. The Bertz CT molecular complexity index is 843. The molecule has 2 N–H and O–H groups in total. The van der Waals surface area contributed by atoms with Gasteiger partial charge in [-0.3, -0.25) is 0 Å². The zero-order valence-electron chi connectivity index (χ0n) is 11.3. The molecule has 4 nitrogen and oxygen atoms in total. The summed E-state index contributed by atoms with van der Waals surface area (Å²) in [5, 5.41) is 10.4. The monoisotopic (exact) mass is 335 g/mol. The van der Waals surface area contributed by atoms with E-state index in [1.807, 2.05) is 30.3 Å². The van der Waals surface area contributed by atoms with Crippen LogP contribution in [0.4, 0.5) is 0 Å². The number of hydrogen-bond donors (Lipinski definition) is 2. The first-order valence-corrected chi connectivity index (χ1v) is 7.23. The standard InChI is InChI=1S/C16H11Cl2NO3/c17-10-6-7-11-12(13(10)18)15(14(19-11)16(20)21)22-8-9-4-2-1-3-5-9/h1-7,19H,8H2,(H,20,21). The Morgan fingerprint density at radius 3 is 2.55 bits per heavy atom. The number of carboxylic acids is 1. The number of aromatic nitrogens is 1. The summed E-state index contributed by atoms with van der Waals surface area (Å²) in [7, 11) is 0. The average molecular weight is 336 g/mol. The second-order valence-electron chi connectivity index (χ2n) is 4.69. The molecule has 0 amide bonds. The van der Waals surface area contributed by atoms with Crippen molar-refractivity contribution in [2.75, 3.05) is 0 Å². The number of aromatic amines is 1. The predicted molar refractivity (Wildman–Crippen MR) is 86.1 cm³/mol. The number of H-pyrrole nitrogens is 1. The van der Waals surface area contributed by atoms with Gasteiger partial charge in [0.05, 0.1) is 20.9 Å². The summed E-state index contributed by atoms with van der Waals surface area (Å²) in [6.45, 7) is 0.233. The second-order valence-corrected chi connectivity index (χ2v) is 5.48. The molecular formula is C16H11Cl2NO3. The SMILES string of the molecule is O=C(O)c1[nH]c2ccc(Cl)c(Cl)c2c1OCc1ccccc1. The van der Waals surface area contributed by atoms with E-state index in [2.05, 4.69) is 4.98 Å². The van der Waals surface area contributed by atoms with Crippen molar-refractivity contribution < 1.29 is 14.6 Å². The van der Waals surface area contributed by atoms with Gasteiger partial charge in [0, 0.05) is 0 Å². The molecule has 0 saturated carbocycles. The van der Waals surface area contributed by atoms with Gasteiger partial charge in [0.15, 0.2) is 11.4 Å². The molecule has 0 unspecified atom stereocenters. The summed E-state index contributed by atoms with van der Waals surface area (Å²) in [6.07, 6.45) is 0. The molecule has 0 bridgehead atoms. The van der Waals surface area contributed by atoms with Crippen LogP contribution in [0, 0.1) is 0 Å². The highest BCUT2D eigenvalue weighted by atomic mass is 35.5. The van der Waals surface area contributed by atoms with Crippen LogP contribution in [0.5, 0.6) is 5.75 Å². The maximum absolute atomic E-state index is 11.4. The highest BCUT2D eigenvalue weighted by Crippen LogP contribution is 2.39. The number of benzene rings is 2. The van der Waals surface area contributed by atoms with Crippen LogP contribution in [-0.4, -0.2) is 16.1 Å². The lowest BCUT2D eigenvalue weighted by molar-refractivity contribution is 0.0686. The molecule has 3 aromatic rings. The van der Waals surface area contributed by atoms with Crippen LogP contribution in [0.15, 0.2) is 42.5 Å². The van der Waals surface area contributed by atoms with Crippen LogP contribution < -0.4 is 4.74 Å². The van der Waals surface area contributed by atoms with Crippen molar-refractivity contribution >= 4 is 40.1 Å². The third kappa shape index (κ3) is 2.63. The first kappa shape index (κ1) is 14.8. The van der Waals surface area contributed by atoms with E-state index in [1.54, 1.807) is 12.1 Å². The van der Waals surface area contributed by atoms with Gasteiger partial charge in [-0.2, -0.15) is 0 Å². The molecule has 0 aliphatic heterocycles. The fourth-order valence-corrected chi connectivity index (χ4v) is 2.63. The lowest BCUT2D eigenvalue weighted by atomic mass is 10.2. The Morgan fingerprint density at radius 2 is 1.86 bits per heavy atom. The van der Waals surface area contributed by atoms with Crippen LogP contribution in [-0.2, 0) is 6.61 Å². The third-order valence-corrected chi connectivity index (χ3v) is 4.05. The Balaban J connectivity index is 2.07. The second kappa shape index (κ2) is 5.91. The fourth-order valence-electron chi connectivity index (χ4n) is 2.22. The summed E-state index contributed by atoms with van der Waals surface area (Å²) in [4.78, 5) is 14.2. The molecule has 1 heterocycles. The smallest absolute Gasteiger partial charge is 0.356 e. The summed E-state index contributed by atoms with van der Waals surface area (Å²) < 4.78 is 5.72. The molecule has 6 heteroatoms. The molecule has 3 rings (SSSR count). The number of rotatable bonds is 4. The number of aromatic carboxylic acids is 1. The minimum absolute atomic E-state index is 0.0462. The number of halogens is 2. The molecule has 0 aliphatic rings. The van der Waals surface area contributed by atoms with E-state index < -0.39 is 5.97 Å². The minimum atomic E-state index is -1.12. The van der Waals surface area contributed by atoms with Gasteiger partial charge >= 0.3 is 5.97 Å². The van der Waals surface area contributed by atoms with Crippen LogP contribution in [0.3, 0.4) is 0 Å². The van der Waals surface area contributed by atoms with E-state index in [-0.39, 0.29) is 23.1 Å². The van der Waals surface area contributed by atoms with Crippen molar-refractivity contribution in [2.24, 2.45) is 0 Å². The van der Waals surface area contributed by atoms with E-state index in [0.29, 0.717) is 15.9 Å². The highest BCUT2D eigenvalue weighted by molar-refractivity contribution is 6.45. The number of ether oxygens (including phenoxy) is 1. The molecule has 1 aromatic heterocycles. The Morgan fingerprint density at radius 1 is 1.14 bits per heavy atom. The minimum Gasteiger partial charge on any atom is -0.486 e. The normalized spacial score (nSPS) is 10.8. The van der Waals surface area contributed by atoms with Gasteiger partial charge < -0.3 is 14.8 Å². The van der Waals surface area contributed by atoms with Gasteiger partial charge in [-0.25, -0.2) is 4.79 Å². The van der Waals surface area contributed by atoms with E-state index in [0.717, 1.165) is 5.56 Å². The molecule has 0 spiro atoms. The van der Waals surface area contributed by atoms with E-state index >= 15 is 0 Å². The number of hydrogen-bond acceptors (Lipinski definition) is 2. The van der Waals surface area contributed by atoms with Crippen molar-refractivity contribution in [1.29, 1.82) is 0 Å². The fraction of sp³-hybridized carbons (Fsp3) is 0.0625. The highest BCUT2D eigenvalue weighted by Gasteiger charge is 2.21. The van der Waals surface area contributed by atoms with Gasteiger partial charge in [0.25, 0.3) is 0 Å². The molecule has 0 saturated heterocycles. The molecule has 0 aliphatic carbocycles. The van der Waals surface area contributed by atoms with Gasteiger partial charge in [0.2, 0.25) is 0 Å². The number of carbonyl (C=O) groups is 1. The topological polar surface area (TPSA) is 62.3 Å². The summed E-state index contributed by atoms with van der Waals surface area (Å²) in [5.41, 5.74) is 1.44. The Labute approximate surface area is 136 Å². The maximum Gasteiger partial charge on any atom is 0.356 e. The zero-order valence-corrected chi connectivity index (χ0v) is 12.8. The molecule has 0 radical (unpaired) electrons. The van der Waals surface area contributed by atoms with Gasteiger partial charge in [-0.1, -0.05) is 53.5 Å². The first-order chi connectivity index (χ1) is 10.6.